The van der Waals surface area contributed by atoms with Gasteiger partial charge < -0.3 is 23.7 Å². The molecule has 1 aromatic carbocycles. The Bertz CT molecular complexity index is 1020. The number of methoxy groups -OCH3 is 1. The lowest BCUT2D eigenvalue weighted by Gasteiger charge is -2.25. The highest BCUT2D eigenvalue weighted by atomic mass is 16.7. The Morgan fingerprint density at radius 2 is 1.83 bits per heavy atom. The smallest absolute Gasteiger partial charge is 0.309 e. The molecule has 0 aliphatic heterocycles. The zero-order valence-electron chi connectivity index (χ0n) is 21.1. The van der Waals surface area contributed by atoms with Gasteiger partial charge in [0.15, 0.2) is 23.0 Å². The number of nitrogens with zero attached hydrogens (tertiary/aromatic N) is 1. The second-order valence-corrected chi connectivity index (χ2v) is 8.12. The van der Waals surface area contributed by atoms with E-state index in [1.54, 1.807) is 19.9 Å². The Hall–Kier alpha value is -3.72. The fraction of sp³-hybridized carbons (Fsp3) is 0.407. The number of ether oxygens (including phenoxy) is 5. The van der Waals surface area contributed by atoms with Gasteiger partial charge in [-0.25, -0.2) is 4.98 Å². The van der Waals surface area contributed by atoms with E-state index in [0.717, 1.165) is 5.56 Å². The van der Waals surface area contributed by atoms with E-state index in [4.69, 9.17) is 23.7 Å². The molecule has 36 heavy (non-hydrogen) atoms. The normalized spacial score (nSPS) is 13.1. The minimum absolute atomic E-state index is 0.0283. The molecule has 0 aliphatic carbocycles. The van der Waals surface area contributed by atoms with E-state index in [0.29, 0.717) is 13.0 Å². The van der Waals surface area contributed by atoms with Crippen LogP contribution in [-0.2, 0) is 30.4 Å². The van der Waals surface area contributed by atoms with E-state index in [1.807, 2.05) is 30.3 Å². The van der Waals surface area contributed by atoms with Crippen LogP contribution in [0, 0.1) is 5.92 Å². The van der Waals surface area contributed by atoms with Gasteiger partial charge in [-0.3, -0.25) is 14.4 Å². The van der Waals surface area contributed by atoms with Crippen molar-refractivity contribution < 1.29 is 38.1 Å². The molecule has 9 nitrogen and oxygen atoms in total. The lowest BCUT2D eigenvalue weighted by molar-refractivity contribution is -0.161. The van der Waals surface area contributed by atoms with E-state index >= 15 is 0 Å². The number of aromatic nitrogens is 1. The summed E-state index contributed by atoms with van der Waals surface area (Å²) < 4.78 is 27.0. The molecular weight excluding hydrogens is 466 g/mol. The van der Waals surface area contributed by atoms with Crippen molar-refractivity contribution >= 4 is 17.7 Å². The molecule has 1 heterocycles. The first-order valence-electron chi connectivity index (χ1n) is 11.6. The Balaban J connectivity index is 2.01. The van der Waals surface area contributed by atoms with Crippen LogP contribution in [0.2, 0.25) is 0 Å². The minimum Gasteiger partial charge on any atom is -0.493 e. The SMILES string of the molecule is C=CC[C@@H](OCc1ccccc1)[C@H](C)OC(=O)[C@H](C)CC(=O)c1nccc(OC)c1OCOC(C)=O. The summed E-state index contributed by atoms with van der Waals surface area (Å²) in [5.74, 6) is -2.02. The van der Waals surface area contributed by atoms with Crippen molar-refractivity contribution in [3.8, 4) is 11.5 Å². The predicted octanol–water partition coefficient (Wildman–Crippen LogP) is 4.29. The molecule has 1 aromatic heterocycles. The van der Waals surface area contributed by atoms with Crippen molar-refractivity contribution in [2.45, 2.75) is 52.4 Å². The van der Waals surface area contributed by atoms with E-state index in [-0.39, 0.29) is 23.6 Å². The number of carbonyl (C=O) groups excluding carboxylic acids is 3. The number of Topliss-reactive ketones (excluding diaryl/α,β-unsaturated/α-hetero) is 1. The lowest BCUT2D eigenvalue weighted by atomic mass is 10.0. The number of hydrogen-bond donors (Lipinski definition) is 0. The summed E-state index contributed by atoms with van der Waals surface area (Å²) in [7, 11) is 1.41. The van der Waals surface area contributed by atoms with E-state index in [1.165, 1.54) is 26.3 Å². The number of pyridine rings is 1. The Labute approximate surface area is 211 Å². The zero-order valence-corrected chi connectivity index (χ0v) is 21.1. The van der Waals surface area contributed by atoms with Crippen LogP contribution in [0.4, 0.5) is 0 Å². The maximum absolute atomic E-state index is 13.0. The lowest BCUT2D eigenvalue weighted by Crippen LogP contribution is -2.33. The Morgan fingerprint density at radius 1 is 1.11 bits per heavy atom. The number of rotatable bonds is 15. The maximum atomic E-state index is 13.0. The molecule has 0 N–H and O–H groups in total. The van der Waals surface area contributed by atoms with Gasteiger partial charge in [-0.2, -0.15) is 0 Å². The van der Waals surface area contributed by atoms with Gasteiger partial charge in [-0.15, -0.1) is 6.58 Å². The van der Waals surface area contributed by atoms with Crippen LogP contribution in [0.3, 0.4) is 0 Å². The number of carbonyl (C=O) groups is 3. The molecule has 2 aromatic rings. The predicted molar refractivity (Wildman–Crippen MR) is 132 cm³/mol. The van der Waals surface area contributed by atoms with Crippen molar-refractivity contribution in [3.63, 3.8) is 0 Å². The van der Waals surface area contributed by atoms with Crippen LogP contribution in [0.1, 0.15) is 49.7 Å². The molecule has 0 saturated carbocycles. The Kier molecular flexibility index (Phi) is 11.6. The summed E-state index contributed by atoms with van der Waals surface area (Å²) in [5.41, 5.74) is 0.964. The molecule has 0 unspecified atom stereocenters. The average molecular weight is 500 g/mol. The fourth-order valence-corrected chi connectivity index (χ4v) is 3.27. The van der Waals surface area contributed by atoms with Crippen molar-refractivity contribution in [1.82, 2.24) is 4.98 Å². The van der Waals surface area contributed by atoms with Gasteiger partial charge in [0.1, 0.15) is 6.10 Å². The van der Waals surface area contributed by atoms with Gasteiger partial charge in [-0.1, -0.05) is 43.3 Å². The largest absolute Gasteiger partial charge is 0.493 e. The van der Waals surface area contributed by atoms with Crippen LogP contribution in [-0.4, -0.2) is 48.8 Å². The van der Waals surface area contributed by atoms with E-state index < -0.39 is 42.6 Å². The number of esters is 2. The fourth-order valence-electron chi connectivity index (χ4n) is 3.27. The monoisotopic (exact) mass is 499 g/mol. The van der Waals surface area contributed by atoms with Gasteiger partial charge in [0.2, 0.25) is 6.79 Å². The molecule has 9 heteroatoms. The standard InChI is InChI=1S/C27H33NO8/c1-6-10-23(33-16-21-11-8-7-9-12-21)19(3)36-27(31)18(2)15-22(30)25-26(35-17-34-20(4)29)24(32-5)13-14-28-25/h6-9,11-14,18-19,23H,1,10,15-17H2,2-5H3/t18-,19+,23-/m1/s1. The van der Waals surface area contributed by atoms with Crippen molar-refractivity contribution in [2.24, 2.45) is 5.92 Å². The highest BCUT2D eigenvalue weighted by Gasteiger charge is 2.28. The molecule has 3 atom stereocenters. The van der Waals surface area contributed by atoms with E-state index in [2.05, 4.69) is 11.6 Å². The summed E-state index contributed by atoms with van der Waals surface area (Å²) >= 11 is 0. The summed E-state index contributed by atoms with van der Waals surface area (Å²) in [5, 5.41) is 0. The molecule has 0 aliphatic rings. The second kappa shape index (κ2) is 14.6. The number of hydrogen-bond acceptors (Lipinski definition) is 9. The highest BCUT2D eigenvalue weighted by molar-refractivity contribution is 5.99. The summed E-state index contributed by atoms with van der Waals surface area (Å²) in [4.78, 5) is 40.9. The summed E-state index contributed by atoms with van der Waals surface area (Å²) in [6, 6.07) is 11.2. The zero-order chi connectivity index (χ0) is 26.5. The van der Waals surface area contributed by atoms with Gasteiger partial charge in [-0.05, 0) is 18.9 Å². The third kappa shape index (κ3) is 8.81. The van der Waals surface area contributed by atoms with Crippen molar-refractivity contribution in [1.29, 1.82) is 0 Å². The molecular formula is C27H33NO8. The highest BCUT2D eigenvalue weighted by Crippen LogP contribution is 2.31. The average Bonchev–Trinajstić information content (AvgIpc) is 2.86. The quantitative estimate of drug-likeness (QED) is 0.153. The van der Waals surface area contributed by atoms with Crippen LogP contribution < -0.4 is 9.47 Å². The number of ketones is 1. The summed E-state index contributed by atoms with van der Waals surface area (Å²) in [6.07, 6.45) is 2.46. The van der Waals surface area contributed by atoms with Crippen molar-refractivity contribution in [2.75, 3.05) is 13.9 Å². The molecule has 2 rings (SSSR count). The first kappa shape index (κ1) is 28.5. The first-order chi connectivity index (χ1) is 17.3. The second-order valence-electron chi connectivity index (χ2n) is 8.12. The Morgan fingerprint density at radius 3 is 2.47 bits per heavy atom. The van der Waals surface area contributed by atoms with Crippen molar-refractivity contribution in [3.05, 3.63) is 66.5 Å². The molecule has 0 fully saturated rings. The van der Waals surface area contributed by atoms with Gasteiger partial charge in [0, 0.05) is 25.6 Å². The van der Waals surface area contributed by atoms with Crippen LogP contribution >= 0.6 is 0 Å². The number of benzene rings is 1. The molecule has 0 bridgehead atoms. The molecule has 0 amide bonds. The molecule has 0 spiro atoms. The third-order valence-corrected chi connectivity index (χ3v) is 5.24. The minimum atomic E-state index is -0.757. The first-order valence-corrected chi connectivity index (χ1v) is 11.6. The molecule has 194 valence electrons. The summed E-state index contributed by atoms with van der Waals surface area (Å²) in [6.45, 7) is 8.28. The van der Waals surface area contributed by atoms with Crippen LogP contribution in [0.5, 0.6) is 11.5 Å². The van der Waals surface area contributed by atoms with Gasteiger partial charge in [0.05, 0.1) is 25.7 Å². The van der Waals surface area contributed by atoms with Crippen LogP contribution in [0.25, 0.3) is 0 Å². The van der Waals surface area contributed by atoms with Gasteiger partial charge >= 0.3 is 11.9 Å². The van der Waals surface area contributed by atoms with E-state index in [9.17, 15) is 14.4 Å². The molecule has 0 saturated heterocycles. The maximum Gasteiger partial charge on any atom is 0.309 e. The topological polar surface area (TPSA) is 110 Å². The van der Waals surface area contributed by atoms with Gasteiger partial charge in [0.25, 0.3) is 0 Å². The molecule has 0 radical (unpaired) electrons. The van der Waals surface area contributed by atoms with Crippen LogP contribution in [0.15, 0.2) is 55.3 Å². The third-order valence-electron chi connectivity index (χ3n) is 5.24.